The molecule has 0 aromatic rings. The molecule has 0 saturated carbocycles. The van der Waals surface area contributed by atoms with Crippen LogP contribution in [-0.4, -0.2) is 59.9 Å². The van der Waals surface area contributed by atoms with E-state index in [4.69, 9.17) is 24.8 Å². The number of unbranched alkanes of at least 4 members (excludes halogenated alkanes) is 21. The van der Waals surface area contributed by atoms with Crippen molar-refractivity contribution >= 4 is 25.7 Å². The van der Waals surface area contributed by atoms with Gasteiger partial charge in [0.25, 0.3) is 0 Å². The Morgan fingerprint density at radius 3 is 1.46 bits per heavy atom. The molecule has 0 aliphatic rings. The molecule has 0 spiro atoms. The number of aliphatic carboxylic acids is 1. The van der Waals surface area contributed by atoms with E-state index >= 15 is 0 Å². The van der Waals surface area contributed by atoms with Crippen molar-refractivity contribution in [2.24, 2.45) is 5.73 Å². The molecule has 1 unspecified atom stereocenters. The predicted octanol–water partition coefficient (Wildman–Crippen LogP) is 9.73. The molecule has 3 atom stereocenters. The van der Waals surface area contributed by atoms with Gasteiger partial charge in [-0.15, -0.1) is 0 Å². The number of hydrogen-bond acceptors (Lipinski definition) is 9. The van der Waals surface area contributed by atoms with E-state index < -0.39 is 51.1 Å². The lowest BCUT2D eigenvalue weighted by Gasteiger charge is -2.20. The van der Waals surface area contributed by atoms with Gasteiger partial charge in [0.2, 0.25) is 0 Å². The van der Waals surface area contributed by atoms with E-state index in [0.717, 1.165) is 57.8 Å². The van der Waals surface area contributed by atoms with Gasteiger partial charge in [-0.3, -0.25) is 23.4 Å². The van der Waals surface area contributed by atoms with Crippen molar-refractivity contribution in [1.29, 1.82) is 0 Å². The van der Waals surface area contributed by atoms with Crippen molar-refractivity contribution < 1.29 is 47.5 Å². The van der Waals surface area contributed by atoms with E-state index in [0.29, 0.717) is 12.8 Å². The number of carboxylic acid groups (broad SMARTS) is 1. The standard InChI is InChI=1S/C38H72NO10P/c1-3-5-7-9-11-13-15-16-17-18-20-21-23-25-27-29-36(40)46-31-34(32-47-50(44,45)48-33-35(39)38(42)43)49-37(41)30-28-26-24-22-19-14-12-10-8-6-4-2/h16-17,34-35H,3-15,18-33,39H2,1-2H3,(H,42,43)(H,44,45)/b17-16-/t34-,35+/m1/s1. The van der Waals surface area contributed by atoms with Crippen LogP contribution in [0.3, 0.4) is 0 Å². The highest BCUT2D eigenvalue weighted by atomic mass is 31.2. The second-order valence-corrected chi connectivity index (χ2v) is 14.9. The van der Waals surface area contributed by atoms with Crippen LogP contribution < -0.4 is 5.73 Å². The van der Waals surface area contributed by atoms with Crippen LogP contribution in [0.15, 0.2) is 12.2 Å². The molecule has 0 aliphatic carbocycles. The Morgan fingerprint density at radius 2 is 1.00 bits per heavy atom. The molecule has 0 radical (unpaired) electrons. The fraction of sp³-hybridized carbons (Fsp3) is 0.868. The zero-order valence-electron chi connectivity index (χ0n) is 31.5. The summed E-state index contributed by atoms with van der Waals surface area (Å²) < 4.78 is 32.5. The van der Waals surface area contributed by atoms with Gasteiger partial charge in [0.1, 0.15) is 12.6 Å². The third-order valence-electron chi connectivity index (χ3n) is 8.51. The maximum Gasteiger partial charge on any atom is 0.472 e. The average molecular weight is 734 g/mol. The fourth-order valence-corrected chi connectivity index (χ4v) is 6.13. The summed E-state index contributed by atoms with van der Waals surface area (Å²) in [7, 11) is -4.70. The van der Waals surface area contributed by atoms with Crippen molar-refractivity contribution in [1.82, 2.24) is 0 Å². The van der Waals surface area contributed by atoms with Crippen LogP contribution in [0, 0.1) is 0 Å². The first-order chi connectivity index (χ1) is 24.1. The van der Waals surface area contributed by atoms with Gasteiger partial charge in [-0.1, -0.05) is 142 Å². The zero-order valence-corrected chi connectivity index (χ0v) is 32.4. The highest BCUT2D eigenvalue weighted by Gasteiger charge is 2.28. The summed E-state index contributed by atoms with van der Waals surface area (Å²) in [6, 6.07) is -1.52. The smallest absolute Gasteiger partial charge is 0.472 e. The van der Waals surface area contributed by atoms with E-state index in [1.165, 1.54) is 83.5 Å². The minimum atomic E-state index is -4.70. The Kier molecular flexibility index (Phi) is 33.1. The number of phosphoric ester groups is 1. The molecule has 0 amide bonds. The molecule has 0 bridgehead atoms. The number of rotatable bonds is 37. The summed E-state index contributed by atoms with van der Waals surface area (Å²) in [5.74, 6) is -2.38. The molecule has 11 nitrogen and oxygen atoms in total. The van der Waals surface area contributed by atoms with Gasteiger partial charge in [-0.2, -0.15) is 0 Å². The number of carboxylic acids is 1. The van der Waals surface area contributed by atoms with E-state index in [1.807, 2.05) is 0 Å². The predicted molar refractivity (Wildman–Crippen MR) is 199 cm³/mol. The molecule has 12 heteroatoms. The molecular weight excluding hydrogens is 661 g/mol. The van der Waals surface area contributed by atoms with E-state index in [1.54, 1.807) is 0 Å². The van der Waals surface area contributed by atoms with Gasteiger partial charge in [0, 0.05) is 12.8 Å². The molecule has 294 valence electrons. The Morgan fingerprint density at radius 1 is 0.600 bits per heavy atom. The van der Waals surface area contributed by atoms with Crippen molar-refractivity contribution in [2.75, 3.05) is 19.8 Å². The lowest BCUT2D eigenvalue weighted by Crippen LogP contribution is -2.34. The fourth-order valence-electron chi connectivity index (χ4n) is 5.35. The maximum absolute atomic E-state index is 12.5. The van der Waals surface area contributed by atoms with Crippen LogP contribution in [0.25, 0.3) is 0 Å². The minimum absolute atomic E-state index is 0.164. The van der Waals surface area contributed by atoms with Gasteiger partial charge in [0.05, 0.1) is 13.2 Å². The van der Waals surface area contributed by atoms with Crippen LogP contribution in [0.2, 0.25) is 0 Å². The summed E-state index contributed by atoms with van der Waals surface area (Å²) in [6.07, 6.45) is 31.4. The Hall–Kier alpha value is -1.78. The molecule has 0 fully saturated rings. The van der Waals surface area contributed by atoms with Gasteiger partial charge in [-0.05, 0) is 38.5 Å². The second kappa shape index (κ2) is 34.3. The Balaban J connectivity index is 4.40. The molecule has 0 rings (SSSR count). The summed E-state index contributed by atoms with van der Waals surface area (Å²) >= 11 is 0. The number of allylic oxidation sites excluding steroid dienone is 2. The van der Waals surface area contributed by atoms with Gasteiger partial charge < -0.3 is 25.2 Å². The lowest BCUT2D eigenvalue weighted by atomic mass is 10.1. The molecule has 50 heavy (non-hydrogen) atoms. The van der Waals surface area contributed by atoms with Crippen LogP contribution in [0.1, 0.15) is 181 Å². The van der Waals surface area contributed by atoms with Gasteiger partial charge in [-0.25, -0.2) is 4.57 Å². The van der Waals surface area contributed by atoms with Crippen molar-refractivity contribution in [3.63, 3.8) is 0 Å². The minimum Gasteiger partial charge on any atom is -0.480 e. The summed E-state index contributed by atoms with van der Waals surface area (Å²) in [6.45, 7) is 2.77. The number of carbonyl (C=O) groups is 3. The molecule has 4 N–H and O–H groups in total. The van der Waals surface area contributed by atoms with Gasteiger partial charge >= 0.3 is 25.7 Å². The van der Waals surface area contributed by atoms with Crippen molar-refractivity contribution in [2.45, 2.75) is 193 Å². The first-order valence-electron chi connectivity index (χ1n) is 19.7. The lowest BCUT2D eigenvalue weighted by molar-refractivity contribution is -0.161. The number of hydrogen-bond donors (Lipinski definition) is 3. The van der Waals surface area contributed by atoms with E-state index in [-0.39, 0.29) is 19.4 Å². The molecule has 0 aliphatic heterocycles. The van der Waals surface area contributed by atoms with Crippen molar-refractivity contribution in [3.8, 4) is 0 Å². The number of phosphoric acid groups is 1. The van der Waals surface area contributed by atoms with E-state index in [9.17, 15) is 23.8 Å². The average Bonchev–Trinajstić information content (AvgIpc) is 3.09. The first-order valence-corrected chi connectivity index (χ1v) is 21.2. The quantitative estimate of drug-likeness (QED) is 0.0240. The molecule has 0 saturated heterocycles. The van der Waals surface area contributed by atoms with Crippen LogP contribution in [-0.2, 0) is 37.5 Å². The summed E-state index contributed by atoms with van der Waals surface area (Å²) in [5, 5.41) is 8.85. The molecule has 0 aromatic heterocycles. The summed E-state index contributed by atoms with van der Waals surface area (Å²) in [5.41, 5.74) is 5.31. The van der Waals surface area contributed by atoms with Crippen molar-refractivity contribution in [3.05, 3.63) is 12.2 Å². The third kappa shape index (κ3) is 33.4. The number of ether oxygens (including phenoxy) is 2. The second-order valence-electron chi connectivity index (χ2n) is 13.4. The van der Waals surface area contributed by atoms with Crippen LogP contribution in [0.4, 0.5) is 0 Å². The highest BCUT2D eigenvalue weighted by molar-refractivity contribution is 7.47. The number of carbonyl (C=O) groups excluding carboxylic acids is 2. The largest absolute Gasteiger partial charge is 0.480 e. The monoisotopic (exact) mass is 733 g/mol. The highest BCUT2D eigenvalue weighted by Crippen LogP contribution is 2.43. The topological polar surface area (TPSA) is 172 Å². The maximum atomic E-state index is 12.5. The molecular formula is C38H72NO10P. The summed E-state index contributed by atoms with van der Waals surface area (Å²) in [4.78, 5) is 45.7. The molecule has 0 heterocycles. The van der Waals surface area contributed by atoms with Gasteiger partial charge in [0.15, 0.2) is 6.10 Å². The Bertz CT molecular complexity index is 916. The number of esters is 2. The SMILES string of the molecule is CCCCCCCC/C=C\CCCCCCCC(=O)OC[C@H](COP(=O)(O)OC[C@H](N)C(=O)O)OC(=O)CCCCCCCCCCCCC. The molecule has 0 aromatic carbocycles. The Labute approximate surface area is 303 Å². The third-order valence-corrected chi connectivity index (χ3v) is 9.46. The van der Waals surface area contributed by atoms with Crippen LogP contribution >= 0.6 is 7.82 Å². The number of nitrogens with two attached hydrogens (primary N) is 1. The normalized spacial score (nSPS) is 14.0. The van der Waals surface area contributed by atoms with E-state index in [2.05, 4.69) is 30.5 Å². The first kappa shape index (κ1) is 48.2. The zero-order chi connectivity index (χ0) is 37.1. The van der Waals surface area contributed by atoms with Crippen LogP contribution in [0.5, 0.6) is 0 Å².